The highest BCUT2D eigenvalue weighted by Gasteiger charge is 2.24. The van der Waals surface area contributed by atoms with Crippen molar-refractivity contribution in [2.24, 2.45) is 0 Å². The Kier molecular flexibility index (Phi) is 7.23. The molecule has 0 aliphatic rings. The molecule has 0 bridgehead atoms. The molecule has 8 heteroatoms. The van der Waals surface area contributed by atoms with E-state index in [1.165, 1.54) is 19.2 Å². The zero-order valence-electron chi connectivity index (χ0n) is 20.1. The number of para-hydroxylation sites is 1. The Bertz CT molecular complexity index is 1400. The van der Waals surface area contributed by atoms with Crippen molar-refractivity contribution in [1.82, 2.24) is 14.6 Å². The van der Waals surface area contributed by atoms with Crippen LogP contribution in [0, 0.1) is 0 Å². The molecule has 0 saturated carbocycles. The van der Waals surface area contributed by atoms with Crippen LogP contribution in [0.15, 0.2) is 90.0 Å². The minimum atomic E-state index is -3.75. The fraction of sp³-hybridized carbons (Fsp3) is 0.222. The predicted octanol–water partition coefficient (Wildman–Crippen LogP) is 3.80. The maximum absolute atomic E-state index is 12.8. The smallest absolute Gasteiger partial charge is 0.243 e. The number of amides is 1. The first-order valence-corrected chi connectivity index (χ1v) is 12.8. The first kappa shape index (κ1) is 24.5. The molecule has 0 spiro atoms. The number of anilines is 1. The van der Waals surface area contributed by atoms with Gasteiger partial charge in [0.05, 0.1) is 11.4 Å². The van der Waals surface area contributed by atoms with Gasteiger partial charge < -0.3 is 15.2 Å². The molecule has 2 N–H and O–H groups in total. The normalized spacial score (nSPS) is 12.6. The molecular weight excluding hydrogens is 460 g/mol. The summed E-state index contributed by atoms with van der Waals surface area (Å²) >= 11 is 0. The van der Waals surface area contributed by atoms with Crippen LogP contribution < -0.4 is 10.2 Å². The topological polar surface area (TPSA) is 85.5 Å². The number of carbonyl (C=O) groups is 1. The van der Waals surface area contributed by atoms with Crippen molar-refractivity contribution in [3.63, 3.8) is 0 Å². The van der Waals surface area contributed by atoms with E-state index < -0.39 is 10.0 Å². The van der Waals surface area contributed by atoms with Gasteiger partial charge in [-0.3, -0.25) is 4.79 Å². The molecular formula is C27H30N4O3S. The second-order valence-corrected chi connectivity index (χ2v) is 10.8. The number of nitrogens with zero attached hydrogens (tertiary/aromatic N) is 2. The molecule has 35 heavy (non-hydrogen) atoms. The minimum absolute atomic E-state index is 0.109. The summed E-state index contributed by atoms with van der Waals surface area (Å²) in [6.07, 6.45) is 1.98. The molecule has 4 rings (SSSR count). The van der Waals surface area contributed by atoms with Crippen LogP contribution in [-0.2, 0) is 14.8 Å². The fourth-order valence-electron chi connectivity index (χ4n) is 4.13. The Morgan fingerprint density at radius 3 is 2.26 bits per heavy atom. The molecule has 0 saturated heterocycles. The average Bonchev–Trinajstić information content (AvgIpc) is 3.29. The molecule has 1 heterocycles. The maximum Gasteiger partial charge on any atom is 0.243 e. The lowest BCUT2D eigenvalue weighted by atomic mass is 9.90. The molecule has 182 valence electrons. The number of nitrogens with one attached hydrogen (secondary N) is 2. The van der Waals surface area contributed by atoms with Crippen LogP contribution in [-0.4, -0.2) is 57.8 Å². The molecule has 1 atom stereocenters. The number of sulfonamides is 1. The first-order valence-electron chi connectivity index (χ1n) is 11.4. The summed E-state index contributed by atoms with van der Waals surface area (Å²) in [5.74, 6) is -0.468. The summed E-state index contributed by atoms with van der Waals surface area (Å²) in [5, 5.41) is 4.05. The van der Waals surface area contributed by atoms with Crippen molar-refractivity contribution in [3.8, 4) is 0 Å². The summed E-state index contributed by atoms with van der Waals surface area (Å²) in [7, 11) is 1.65. The highest BCUT2D eigenvalue weighted by molar-refractivity contribution is 7.89. The summed E-state index contributed by atoms with van der Waals surface area (Å²) < 4.78 is 26.6. The van der Waals surface area contributed by atoms with Crippen LogP contribution in [0.2, 0.25) is 0 Å². The summed E-state index contributed by atoms with van der Waals surface area (Å²) in [6.45, 7) is 0.0681. The van der Waals surface area contributed by atoms with E-state index in [1.54, 1.807) is 18.2 Å². The maximum atomic E-state index is 12.8. The van der Waals surface area contributed by atoms with Gasteiger partial charge in [-0.05, 0) is 41.5 Å². The van der Waals surface area contributed by atoms with Gasteiger partial charge in [-0.25, -0.2) is 8.42 Å². The molecule has 7 nitrogen and oxygen atoms in total. The Balaban J connectivity index is 1.54. The third-order valence-corrected chi connectivity index (χ3v) is 7.95. The molecule has 0 radical (unpaired) electrons. The Hall–Kier alpha value is -3.62. The number of fused-ring (bicyclic) bond motifs is 1. The van der Waals surface area contributed by atoms with Gasteiger partial charge in [-0.1, -0.05) is 48.5 Å². The zero-order chi connectivity index (χ0) is 25.0. The molecule has 3 aromatic carbocycles. The van der Waals surface area contributed by atoms with Crippen molar-refractivity contribution in [2.75, 3.05) is 39.1 Å². The number of aromatic nitrogens is 1. The van der Waals surface area contributed by atoms with E-state index in [2.05, 4.69) is 40.6 Å². The summed E-state index contributed by atoms with van der Waals surface area (Å²) in [4.78, 5) is 18.3. The van der Waals surface area contributed by atoms with E-state index in [0.717, 1.165) is 32.0 Å². The molecule has 0 unspecified atom stereocenters. The second-order valence-electron chi connectivity index (χ2n) is 8.71. The number of hydrogen-bond donors (Lipinski definition) is 2. The van der Waals surface area contributed by atoms with E-state index in [1.807, 2.05) is 43.4 Å². The van der Waals surface area contributed by atoms with Gasteiger partial charge in [0.2, 0.25) is 15.9 Å². The Morgan fingerprint density at radius 2 is 1.57 bits per heavy atom. The van der Waals surface area contributed by atoms with Crippen molar-refractivity contribution in [3.05, 3.63) is 96.2 Å². The van der Waals surface area contributed by atoms with E-state index >= 15 is 0 Å². The van der Waals surface area contributed by atoms with Gasteiger partial charge in [0, 0.05) is 56.4 Å². The number of benzene rings is 3. The number of aromatic amines is 1. The van der Waals surface area contributed by atoms with Crippen LogP contribution >= 0.6 is 0 Å². The van der Waals surface area contributed by atoms with Crippen LogP contribution in [0.1, 0.15) is 17.0 Å². The summed E-state index contributed by atoms with van der Waals surface area (Å²) in [5.41, 5.74) is 4.25. The van der Waals surface area contributed by atoms with E-state index in [4.69, 9.17) is 0 Å². The van der Waals surface area contributed by atoms with E-state index in [9.17, 15) is 13.2 Å². The lowest BCUT2D eigenvalue weighted by molar-refractivity contribution is -0.121. The molecule has 0 aliphatic heterocycles. The first-order chi connectivity index (χ1) is 16.8. The average molecular weight is 491 g/mol. The van der Waals surface area contributed by atoms with Gasteiger partial charge >= 0.3 is 0 Å². The van der Waals surface area contributed by atoms with Gasteiger partial charge in [0.25, 0.3) is 0 Å². The Labute approximate surface area is 206 Å². The van der Waals surface area contributed by atoms with Crippen molar-refractivity contribution >= 4 is 32.5 Å². The minimum Gasteiger partial charge on any atom is -0.378 e. The number of carbonyl (C=O) groups excluding carboxylic acids is 1. The third kappa shape index (κ3) is 5.39. The monoisotopic (exact) mass is 490 g/mol. The third-order valence-electron chi connectivity index (χ3n) is 6.13. The molecule has 0 aliphatic carbocycles. The molecule has 0 fully saturated rings. The van der Waals surface area contributed by atoms with Gasteiger partial charge in [-0.15, -0.1) is 0 Å². The summed E-state index contributed by atoms with van der Waals surface area (Å²) in [6, 6.07) is 24.4. The SMILES string of the molecule is CN(C)c1ccc([C@H](CNC(=O)CN(C)S(=O)(=O)c2ccccc2)c2c[nH]c3ccccc23)cc1. The second kappa shape index (κ2) is 10.3. The van der Waals surface area contributed by atoms with Crippen LogP contribution in [0.5, 0.6) is 0 Å². The highest BCUT2D eigenvalue weighted by atomic mass is 32.2. The molecule has 1 amide bonds. The lowest BCUT2D eigenvalue weighted by Crippen LogP contribution is -2.39. The molecule has 4 aromatic rings. The van der Waals surface area contributed by atoms with Gasteiger partial charge in [0.1, 0.15) is 0 Å². The van der Waals surface area contributed by atoms with Crippen molar-refractivity contribution in [2.45, 2.75) is 10.8 Å². The quantitative estimate of drug-likeness (QED) is 0.374. The number of likely N-dealkylation sites (N-methyl/N-ethyl adjacent to an activating group) is 1. The van der Waals surface area contributed by atoms with E-state index in [-0.39, 0.29) is 23.3 Å². The largest absolute Gasteiger partial charge is 0.378 e. The zero-order valence-corrected chi connectivity index (χ0v) is 20.9. The van der Waals surface area contributed by atoms with Crippen LogP contribution in [0.3, 0.4) is 0 Å². The van der Waals surface area contributed by atoms with E-state index in [0.29, 0.717) is 6.54 Å². The number of hydrogen-bond acceptors (Lipinski definition) is 4. The van der Waals surface area contributed by atoms with Crippen LogP contribution in [0.4, 0.5) is 5.69 Å². The van der Waals surface area contributed by atoms with Gasteiger partial charge in [0.15, 0.2) is 0 Å². The van der Waals surface area contributed by atoms with Crippen molar-refractivity contribution < 1.29 is 13.2 Å². The molecule has 1 aromatic heterocycles. The number of rotatable bonds is 9. The van der Waals surface area contributed by atoms with Crippen molar-refractivity contribution in [1.29, 1.82) is 0 Å². The highest BCUT2D eigenvalue weighted by Crippen LogP contribution is 2.31. The van der Waals surface area contributed by atoms with Gasteiger partial charge in [-0.2, -0.15) is 4.31 Å². The van der Waals surface area contributed by atoms with Crippen LogP contribution in [0.25, 0.3) is 10.9 Å². The fourth-order valence-corrected chi connectivity index (χ4v) is 5.27. The number of H-pyrrole nitrogens is 1. The standard InChI is InChI=1S/C27H30N4O3S/c1-30(2)21-15-13-20(14-16-21)24(25-18-28-26-12-8-7-11-23(25)26)17-29-27(32)19-31(3)35(33,34)22-9-5-4-6-10-22/h4-16,18,24,28H,17,19H2,1-3H3,(H,29,32)/t24-/m0/s1. The Morgan fingerprint density at radius 1 is 0.914 bits per heavy atom. The predicted molar refractivity (Wildman–Crippen MR) is 140 cm³/mol. The lowest BCUT2D eigenvalue weighted by Gasteiger charge is -2.21.